The van der Waals surface area contributed by atoms with Crippen LogP contribution in [0, 0.1) is 31.6 Å². The Morgan fingerprint density at radius 1 is 0.913 bits per heavy atom. The number of aryl methyl sites for hydroxylation is 2. The van der Waals surface area contributed by atoms with Gasteiger partial charge >= 0.3 is 0 Å². The van der Waals surface area contributed by atoms with Crippen LogP contribution in [-0.4, -0.2) is 0 Å². The highest BCUT2D eigenvalue weighted by molar-refractivity contribution is 5.33. The summed E-state index contributed by atoms with van der Waals surface area (Å²) in [6.07, 6.45) is 15.0. The summed E-state index contributed by atoms with van der Waals surface area (Å²) in [6, 6.07) is 7.06. The Balaban J connectivity index is 1.52. The summed E-state index contributed by atoms with van der Waals surface area (Å²) >= 11 is 0. The molecule has 0 unspecified atom stereocenters. The second-order valence-corrected chi connectivity index (χ2v) is 8.28. The van der Waals surface area contributed by atoms with Crippen molar-refractivity contribution >= 4 is 0 Å². The average Bonchev–Trinajstić information content (AvgIpc) is 2.56. The molecule has 0 aliphatic heterocycles. The molecule has 0 saturated heterocycles. The maximum absolute atomic E-state index is 3.91. The zero-order valence-electron chi connectivity index (χ0n) is 15.2. The molecule has 0 heterocycles. The van der Waals surface area contributed by atoms with Gasteiger partial charge in [-0.1, -0.05) is 29.8 Å². The maximum Gasteiger partial charge on any atom is -0.0159 e. The molecule has 0 spiro atoms. The molecule has 0 nitrogen and oxygen atoms in total. The maximum atomic E-state index is 3.91. The first kappa shape index (κ1) is 16.8. The van der Waals surface area contributed by atoms with Crippen LogP contribution in [0.2, 0.25) is 0 Å². The molecule has 0 heteroatoms. The van der Waals surface area contributed by atoms with Crippen LogP contribution in [0.25, 0.3) is 0 Å². The molecule has 1 aromatic carbocycles. The van der Waals surface area contributed by atoms with Crippen molar-refractivity contribution < 1.29 is 0 Å². The van der Waals surface area contributed by atoms with E-state index in [9.17, 15) is 0 Å². The molecule has 2 fully saturated rings. The lowest BCUT2D eigenvalue weighted by atomic mass is 9.68. The zero-order chi connectivity index (χ0) is 16.2. The van der Waals surface area contributed by atoms with Gasteiger partial charge in [0.1, 0.15) is 0 Å². The van der Waals surface area contributed by atoms with Gasteiger partial charge in [0.15, 0.2) is 0 Å². The van der Waals surface area contributed by atoms with Gasteiger partial charge in [-0.3, -0.25) is 0 Å². The van der Waals surface area contributed by atoms with E-state index in [1.807, 2.05) is 0 Å². The predicted octanol–water partition coefficient (Wildman–Crippen LogP) is 6.96. The van der Waals surface area contributed by atoms with E-state index < -0.39 is 0 Å². The van der Waals surface area contributed by atoms with Crippen molar-refractivity contribution in [3.8, 4) is 0 Å². The Morgan fingerprint density at radius 2 is 1.52 bits per heavy atom. The Kier molecular flexibility index (Phi) is 5.62. The van der Waals surface area contributed by atoms with Crippen molar-refractivity contribution in [3.63, 3.8) is 0 Å². The molecule has 2 saturated carbocycles. The molecule has 0 amide bonds. The Morgan fingerprint density at radius 3 is 2.09 bits per heavy atom. The van der Waals surface area contributed by atoms with Crippen LogP contribution in [0.4, 0.5) is 0 Å². The van der Waals surface area contributed by atoms with Crippen molar-refractivity contribution in [2.24, 2.45) is 17.8 Å². The summed E-state index contributed by atoms with van der Waals surface area (Å²) < 4.78 is 0. The minimum absolute atomic E-state index is 0.823. The van der Waals surface area contributed by atoms with Crippen LogP contribution < -0.4 is 0 Å². The Hall–Kier alpha value is -1.04. The second-order valence-electron chi connectivity index (χ2n) is 8.28. The quantitative estimate of drug-likeness (QED) is 0.527. The lowest BCUT2D eigenvalue weighted by Gasteiger charge is -2.38. The molecule has 0 N–H and O–H groups in total. The fraction of sp³-hybridized carbons (Fsp3) is 0.652. The van der Waals surface area contributed by atoms with Crippen molar-refractivity contribution in [1.82, 2.24) is 0 Å². The van der Waals surface area contributed by atoms with Gasteiger partial charge in [0.25, 0.3) is 0 Å². The third-order valence-corrected chi connectivity index (χ3v) is 6.70. The highest BCUT2D eigenvalue weighted by Gasteiger charge is 2.31. The summed E-state index contributed by atoms with van der Waals surface area (Å²) in [5, 5.41) is 0. The van der Waals surface area contributed by atoms with Crippen molar-refractivity contribution in [2.75, 3.05) is 0 Å². The van der Waals surface area contributed by atoms with Gasteiger partial charge in [0.05, 0.1) is 0 Å². The molecule has 2 aliphatic carbocycles. The van der Waals surface area contributed by atoms with E-state index in [1.165, 1.54) is 68.9 Å². The SMILES string of the molecule is C=CCC1CCC(C2CCC(c3ccc(C)cc3C)CC2)CC1. The molecule has 0 atom stereocenters. The summed E-state index contributed by atoms with van der Waals surface area (Å²) in [5.41, 5.74) is 4.54. The summed E-state index contributed by atoms with van der Waals surface area (Å²) in [5.74, 6) is 3.80. The van der Waals surface area contributed by atoms with Gasteiger partial charge in [0, 0.05) is 0 Å². The third-order valence-electron chi connectivity index (χ3n) is 6.70. The summed E-state index contributed by atoms with van der Waals surface area (Å²) in [4.78, 5) is 0. The van der Waals surface area contributed by atoms with Crippen LogP contribution in [0.5, 0.6) is 0 Å². The van der Waals surface area contributed by atoms with Gasteiger partial charge in [-0.15, -0.1) is 6.58 Å². The number of allylic oxidation sites excluding steroid dienone is 1. The van der Waals surface area contributed by atoms with Crippen LogP contribution in [0.1, 0.15) is 80.4 Å². The molecular weight excluding hydrogens is 276 g/mol. The first-order valence-electron chi connectivity index (χ1n) is 9.85. The third kappa shape index (κ3) is 4.08. The van der Waals surface area contributed by atoms with Gasteiger partial charge < -0.3 is 0 Å². The predicted molar refractivity (Wildman–Crippen MR) is 101 cm³/mol. The van der Waals surface area contributed by atoms with Crippen LogP contribution in [0.3, 0.4) is 0 Å². The largest absolute Gasteiger partial charge is 0.103 e. The molecular formula is C23H34. The zero-order valence-corrected chi connectivity index (χ0v) is 15.2. The Labute approximate surface area is 143 Å². The minimum Gasteiger partial charge on any atom is -0.103 e. The minimum atomic E-state index is 0.823. The first-order valence-corrected chi connectivity index (χ1v) is 9.85. The lowest BCUT2D eigenvalue weighted by Crippen LogP contribution is -2.25. The topological polar surface area (TPSA) is 0 Å². The van der Waals surface area contributed by atoms with Crippen LogP contribution >= 0.6 is 0 Å². The van der Waals surface area contributed by atoms with Crippen LogP contribution in [0.15, 0.2) is 30.9 Å². The van der Waals surface area contributed by atoms with Gasteiger partial charge in [-0.25, -0.2) is 0 Å². The van der Waals surface area contributed by atoms with E-state index >= 15 is 0 Å². The molecule has 126 valence electrons. The van der Waals surface area contributed by atoms with Crippen molar-refractivity contribution in [1.29, 1.82) is 0 Å². The molecule has 2 aliphatic rings. The lowest BCUT2D eigenvalue weighted by molar-refractivity contribution is 0.160. The molecule has 0 aromatic heterocycles. The first-order chi connectivity index (χ1) is 11.2. The average molecular weight is 311 g/mol. The Bertz CT molecular complexity index is 511. The fourth-order valence-electron chi connectivity index (χ4n) is 5.32. The van der Waals surface area contributed by atoms with E-state index in [-0.39, 0.29) is 0 Å². The molecule has 23 heavy (non-hydrogen) atoms. The summed E-state index contributed by atoms with van der Waals surface area (Å²) in [6.45, 7) is 8.42. The van der Waals surface area contributed by atoms with E-state index in [0.29, 0.717) is 0 Å². The fourth-order valence-corrected chi connectivity index (χ4v) is 5.32. The number of hydrogen-bond acceptors (Lipinski definition) is 0. The molecule has 0 radical (unpaired) electrons. The normalized spacial score (nSPS) is 31.7. The van der Waals surface area contributed by atoms with E-state index in [2.05, 4.69) is 44.7 Å². The number of rotatable bonds is 4. The molecule has 3 rings (SSSR count). The van der Waals surface area contributed by atoms with E-state index in [4.69, 9.17) is 0 Å². The van der Waals surface area contributed by atoms with E-state index in [0.717, 1.165) is 23.7 Å². The standard InChI is InChI=1S/C23H34/c1-4-5-19-7-9-20(10-8-19)21-11-13-22(14-12-21)23-15-6-17(2)16-18(23)3/h4,6,15-16,19-22H,1,5,7-14H2,2-3H3. The second kappa shape index (κ2) is 7.69. The smallest absolute Gasteiger partial charge is 0.0159 e. The van der Waals surface area contributed by atoms with Gasteiger partial charge in [0.2, 0.25) is 0 Å². The van der Waals surface area contributed by atoms with Crippen LogP contribution in [-0.2, 0) is 0 Å². The molecule has 1 aromatic rings. The monoisotopic (exact) mass is 310 g/mol. The number of benzene rings is 1. The van der Waals surface area contributed by atoms with Gasteiger partial charge in [-0.05, 0) is 106 Å². The summed E-state index contributed by atoms with van der Waals surface area (Å²) in [7, 11) is 0. The number of hydrogen-bond donors (Lipinski definition) is 0. The van der Waals surface area contributed by atoms with Crippen molar-refractivity contribution in [2.45, 2.75) is 77.6 Å². The van der Waals surface area contributed by atoms with Gasteiger partial charge in [-0.2, -0.15) is 0 Å². The van der Waals surface area contributed by atoms with E-state index in [1.54, 1.807) is 5.56 Å². The molecule has 0 bridgehead atoms. The highest BCUT2D eigenvalue weighted by atomic mass is 14.4. The van der Waals surface area contributed by atoms with Crippen molar-refractivity contribution in [3.05, 3.63) is 47.5 Å². The highest BCUT2D eigenvalue weighted by Crippen LogP contribution is 2.44.